The van der Waals surface area contributed by atoms with E-state index in [1.54, 1.807) is 0 Å². The molecule has 0 N–H and O–H groups in total. The predicted molar refractivity (Wildman–Crippen MR) is 47.1 cm³/mol. The molecule has 0 aromatic carbocycles. The van der Waals surface area contributed by atoms with Crippen molar-refractivity contribution in [3.8, 4) is 0 Å². The lowest BCUT2D eigenvalue weighted by Crippen LogP contribution is -1.87. The Kier molecular flexibility index (Phi) is 1.57. The van der Waals surface area contributed by atoms with Crippen molar-refractivity contribution < 1.29 is 0 Å². The molecular weight excluding hydrogens is 150 g/mol. The molecule has 0 amide bonds. The van der Waals surface area contributed by atoms with Crippen molar-refractivity contribution in [3.63, 3.8) is 0 Å². The summed E-state index contributed by atoms with van der Waals surface area (Å²) in [6, 6.07) is 4.06. The van der Waals surface area contributed by atoms with Crippen LogP contribution in [0, 0.1) is 6.92 Å². The van der Waals surface area contributed by atoms with Crippen molar-refractivity contribution in [1.29, 1.82) is 0 Å². The highest BCUT2D eigenvalue weighted by atomic mass is 15.3. The lowest BCUT2D eigenvalue weighted by Gasteiger charge is -1.90. The molecule has 12 heavy (non-hydrogen) atoms. The quantitative estimate of drug-likeness (QED) is 0.636. The summed E-state index contributed by atoms with van der Waals surface area (Å²) in [5.41, 5.74) is 2.16. The van der Waals surface area contributed by atoms with E-state index in [0.717, 1.165) is 17.9 Å². The number of fused-ring (bicyclic) bond motifs is 1. The number of hydrogen-bond donors (Lipinski definition) is 0. The first-order valence-electron chi connectivity index (χ1n) is 4.11. The Morgan fingerprint density at radius 3 is 3.08 bits per heavy atom. The molecule has 0 saturated heterocycles. The van der Waals surface area contributed by atoms with Gasteiger partial charge >= 0.3 is 0 Å². The van der Waals surface area contributed by atoms with Crippen LogP contribution in [0.25, 0.3) is 5.65 Å². The van der Waals surface area contributed by atoms with Crippen molar-refractivity contribution >= 4 is 5.65 Å². The van der Waals surface area contributed by atoms with Crippen molar-refractivity contribution in [2.24, 2.45) is 0 Å². The summed E-state index contributed by atoms with van der Waals surface area (Å²) >= 11 is 0. The Labute approximate surface area is 71.1 Å². The van der Waals surface area contributed by atoms with E-state index in [2.05, 4.69) is 23.9 Å². The molecule has 0 saturated carbocycles. The summed E-state index contributed by atoms with van der Waals surface area (Å²) in [7, 11) is 0. The van der Waals surface area contributed by atoms with Gasteiger partial charge in [0.2, 0.25) is 0 Å². The Morgan fingerprint density at radius 2 is 2.33 bits per heavy atom. The fourth-order valence-electron chi connectivity index (χ4n) is 1.18. The molecule has 3 nitrogen and oxygen atoms in total. The topological polar surface area (TPSA) is 30.2 Å². The maximum Gasteiger partial charge on any atom is 0.155 e. The standard InChI is InChI=1S/C9H11N3/c1-3-8-10-9-6-7(2)4-5-12(9)11-8/h4-6H,3H2,1-2H3. The van der Waals surface area contributed by atoms with Gasteiger partial charge in [0.05, 0.1) is 0 Å². The van der Waals surface area contributed by atoms with Crippen molar-refractivity contribution in [2.45, 2.75) is 20.3 Å². The molecule has 2 aromatic heterocycles. The summed E-state index contributed by atoms with van der Waals surface area (Å²) in [5, 5.41) is 4.28. The second-order valence-electron chi connectivity index (χ2n) is 2.89. The van der Waals surface area contributed by atoms with Crippen LogP contribution in [0.1, 0.15) is 18.3 Å². The van der Waals surface area contributed by atoms with Gasteiger partial charge in [0.1, 0.15) is 0 Å². The van der Waals surface area contributed by atoms with Crippen LogP contribution < -0.4 is 0 Å². The maximum atomic E-state index is 4.34. The van der Waals surface area contributed by atoms with E-state index in [4.69, 9.17) is 0 Å². The fourth-order valence-corrected chi connectivity index (χ4v) is 1.18. The minimum atomic E-state index is 0.890. The number of rotatable bonds is 1. The molecule has 2 rings (SSSR count). The van der Waals surface area contributed by atoms with Gasteiger partial charge in [-0.05, 0) is 24.6 Å². The van der Waals surface area contributed by atoms with Gasteiger partial charge in [-0.3, -0.25) is 0 Å². The third-order valence-corrected chi connectivity index (χ3v) is 1.85. The summed E-state index contributed by atoms with van der Waals surface area (Å²) in [5.74, 6) is 0.903. The van der Waals surface area contributed by atoms with Crippen LogP contribution in [0.5, 0.6) is 0 Å². The maximum absolute atomic E-state index is 4.34. The van der Waals surface area contributed by atoms with Crippen LogP contribution in [-0.2, 0) is 6.42 Å². The monoisotopic (exact) mass is 161 g/mol. The molecule has 0 aliphatic rings. The minimum absolute atomic E-state index is 0.890. The van der Waals surface area contributed by atoms with Gasteiger partial charge < -0.3 is 0 Å². The van der Waals surface area contributed by atoms with Gasteiger partial charge in [-0.1, -0.05) is 6.92 Å². The zero-order valence-electron chi connectivity index (χ0n) is 7.28. The van der Waals surface area contributed by atoms with E-state index in [9.17, 15) is 0 Å². The van der Waals surface area contributed by atoms with Crippen LogP contribution in [-0.4, -0.2) is 14.6 Å². The van der Waals surface area contributed by atoms with Gasteiger partial charge in [0, 0.05) is 12.6 Å². The first-order chi connectivity index (χ1) is 5.79. The summed E-state index contributed by atoms with van der Waals surface area (Å²) in [4.78, 5) is 4.34. The van der Waals surface area contributed by atoms with Gasteiger partial charge in [0.25, 0.3) is 0 Å². The largest absolute Gasteiger partial charge is 0.221 e. The predicted octanol–water partition coefficient (Wildman–Crippen LogP) is 1.60. The van der Waals surface area contributed by atoms with Crippen LogP contribution in [0.15, 0.2) is 18.3 Å². The molecule has 0 aliphatic heterocycles. The van der Waals surface area contributed by atoms with Crippen molar-refractivity contribution in [3.05, 3.63) is 29.7 Å². The van der Waals surface area contributed by atoms with Crippen LogP contribution in [0.3, 0.4) is 0 Å². The number of aromatic nitrogens is 3. The van der Waals surface area contributed by atoms with Crippen LogP contribution in [0.4, 0.5) is 0 Å². The molecule has 62 valence electrons. The normalized spacial score (nSPS) is 10.8. The molecule has 2 aromatic rings. The van der Waals surface area contributed by atoms with Gasteiger partial charge in [-0.2, -0.15) is 5.10 Å². The van der Waals surface area contributed by atoms with Gasteiger partial charge in [0.15, 0.2) is 11.5 Å². The molecule has 3 heteroatoms. The number of pyridine rings is 1. The highest BCUT2D eigenvalue weighted by Gasteiger charge is 1.99. The molecule has 0 atom stereocenters. The molecular formula is C9H11N3. The lowest BCUT2D eigenvalue weighted by molar-refractivity contribution is 0.885. The van der Waals surface area contributed by atoms with E-state index in [-0.39, 0.29) is 0 Å². The van der Waals surface area contributed by atoms with E-state index < -0.39 is 0 Å². The number of aryl methyl sites for hydroxylation is 2. The molecule has 0 radical (unpaired) electrons. The van der Waals surface area contributed by atoms with Gasteiger partial charge in [-0.15, -0.1) is 0 Å². The number of nitrogens with zero attached hydrogens (tertiary/aromatic N) is 3. The van der Waals surface area contributed by atoms with E-state index in [1.807, 2.05) is 22.8 Å². The molecule has 0 fully saturated rings. The Morgan fingerprint density at radius 1 is 1.50 bits per heavy atom. The number of hydrogen-bond acceptors (Lipinski definition) is 2. The molecule has 0 unspecified atom stereocenters. The summed E-state index contributed by atoms with van der Waals surface area (Å²) in [6.07, 6.45) is 2.83. The van der Waals surface area contributed by atoms with Crippen LogP contribution >= 0.6 is 0 Å². The molecule has 2 heterocycles. The minimum Gasteiger partial charge on any atom is -0.221 e. The zero-order valence-corrected chi connectivity index (χ0v) is 7.28. The second kappa shape index (κ2) is 2.59. The average molecular weight is 161 g/mol. The van der Waals surface area contributed by atoms with E-state index in [1.165, 1.54) is 5.56 Å². The first-order valence-corrected chi connectivity index (χ1v) is 4.11. The second-order valence-corrected chi connectivity index (χ2v) is 2.89. The van der Waals surface area contributed by atoms with Crippen molar-refractivity contribution in [1.82, 2.24) is 14.6 Å². The van der Waals surface area contributed by atoms with Crippen molar-refractivity contribution in [2.75, 3.05) is 0 Å². The summed E-state index contributed by atoms with van der Waals surface area (Å²) in [6.45, 7) is 4.11. The highest BCUT2D eigenvalue weighted by Crippen LogP contribution is 2.04. The summed E-state index contributed by atoms with van der Waals surface area (Å²) < 4.78 is 1.81. The van der Waals surface area contributed by atoms with E-state index in [0.29, 0.717) is 0 Å². The lowest BCUT2D eigenvalue weighted by atomic mass is 10.3. The smallest absolute Gasteiger partial charge is 0.155 e. The average Bonchev–Trinajstić information content (AvgIpc) is 2.46. The third-order valence-electron chi connectivity index (χ3n) is 1.85. The first kappa shape index (κ1) is 7.28. The Balaban J connectivity index is 2.67. The molecule has 0 bridgehead atoms. The zero-order chi connectivity index (χ0) is 8.55. The SMILES string of the molecule is CCc1nc2cc(C)ccn2n1. The molecule has 0 aliphatic carbocycles. The Hall–Kier alpha value is -1.38. The molecule has 0 spiro atoms. The van der Waals surface area contributed by atoms with Gasteiger partial charge in [-0.25, -0.2) is 9.50 Å². The van der Waals surface area contributed by atoms with Crippen LogP contribution in [0.2, 0.25) is 0 Å². The third kappa shape index (κ3) is 1.07. The Bertz CT molecular complexity index is 403. The fraction of sp³-hybridized carbons (Fsp3) is 0.333. The van der Waals surface area contributed by atoms with E-state index >= 15 is 0 Å². The highest BCUT2D eigenvalue weighted by molar-refractivity contribution is 5.39.